The third-order valence-electron chi connectivity index (χ3n) is 4.15. The van der Waals surface area contributed by atoms with E-state index in [2.05, 4.69) is 24.3 Å². The highest BCUT2D eigenvalue weighted by atomic mass is 16.5. The zero-order valence-corrected chi connectivity index (χ0v) is 12.8. The van der Waals surface area contributed by atoms with Crippen LogP contribution in [0.4, 0.5) is 5.69 Å². The summed E-state index contributed by atoms with van der Waals surface area (Å²) in [6.45, 7) is 3.44. The number of para-hydroxylation sites is 1. The molecule has 0 bridgehead atoms. The summed E-state index contributed by atoms with van der Waals surface area (Å²) >= 11 is 0. The third-order valence-corrected chi connectivity index (χ3v) is 4.15. The van der Waals surface area contributed by atoms with Crippen molar-refractivity contribution in [2.75, 3.05) is 33.3 Å². The molecule has 0 atom stereocenters. The molecule has 1 aliphatic heterocycles. The minimum Gasteiger partial charge on any atom is -0.497 e. The van der Waals surface area contributed by atoms with Gasteiger partial charge in [0.25, 0.3) is 5.91 Å². The van der Waals surface area contributed by atoms with Crippen LogP contribution in [-0.4, -0.2) is 44.1 Å². The summed E-state index contributed by atoms with van der Waals surface area (Å²) in [6.07, 6.45) is 0. The predicted molar refractivity (Wildman–Crippen MR) is 85.7 cm³/mol. The number of benzene rings is 2. The van der Waals surface area contributed by atoms with E-state index in [1.807, 2.05) is 29.2 Å². The molecule has 0 unspecified atom stereocenters. The van der Waals surface area contributed by atoms with Gasteiger partial charge in [-0.1, -0.05) is 24.3 Å². The van der Waals surface area contributed by atoms with Gasteiger partial charge in [-0.2, -0.15) is 0 Å². The van der Waals surface area contributed by atoms with Crippen molar-refractivity contribution in [3.8, 4) is 5.75 Å². The Labute approximate surface area is 130 Å². The number of carbonyl (C=O) groups excluding carboxylic acids is 1. The summed E-state index contributed by atoms with van der Waals surface area (Å²) in [6, 6.07) is 17.8. The second-order valence-electron chi connectivity index (χ2n) is 5.49. The second-order valence-corrected chi connectivity index (χ2v) is 5.49. The largest absolute Gasteiger partial charge is 0.497 e. The summed E-state index contributed by atoms with van der Waals surface area (Å²) in [5, 5.41) is 0. The van der Waals surface area contributed by atoms with E-state index in [1.54, 1.807) is 13.2 Å². The van der Waals surface area contributed by atoms with Crippen molar-refractivity contribution in [1.82, 2.24) is 4.90 Å². The van der Waals surface area contributed by atoms with Crippen molar-refractivity contribution in [3.05, 3.63) is 60.2 Å². The molecule has 4 nitrogen and oxygen atoms in total. The number of carbonyl (C=O) groups is 1. The van der Waals surface area contributed by atoms with E-state index in [0.717, 1.165) is 31.9 Å². The monoisotopic (exact) mass is 297 g/mol. The predicted octanol–water partition coefficient (Wildman–Crippen LogP) is 1.37. The highest BCUT2D eigenvalue weighted by Gasteiger charge is 2.25. The Kier molecular flexibility index (Phi) is 4.39. The van der Waals surface area contributed by atoms with E-state index in [0.29, 0.717) is 5.56 Å². The quantitative estimate of drug-likeness (QED) is 0.928. The minimum absolute atomic E-state index is 0.0889. The minimum atomic E-state index is 0.0889. The van der Waals surface area contributed by atoms with E-state index >= 15 is 0 Å². The molecule has 0 aromatic heterocycles. The number of rotatable bonds is 3. The number of nitrogens with zero attached hydrogens (tertiary/aromatic N) is 1. The molecule has 114 valence electrons. The average Bonchev–Trinajstić information content (AvgIpc) is 2.62. The number of hydrogen-bond acceptors (Lipinski definition) is 2. The molecule has 0 saturated carbocycles. The van der Waals surface area contributed by atoms with Gasteiger partial charge < -0.3 is 9.64 Å². The Hall–Kier alpha value is -2.33. The lowest BCUT2D eigenvalue weighted by atomic mass is 10.1. The molecule has 1 fully saturated rings. The fourth-order valence-electron chi connectivity index (χ4n) is 2.88. The smallest absolute Gasteiger partial charge is 0.254 e. The van der Waals surface area contributed by atoms with Crippen LogP contribution in [0.3, 0.4) is 0 Å². The lowest BCUT2D eigenvalue weighted by Crippen LogP contribution is -3.10. The van der Waals surface area contributed by atoms with Crippen molar-refractivity contribution < 1.29 is 14.4 Å². The first-order chi connectivity index (χ1) is 10.8. The first-order valence-electron chi connectivity index (χ1n) is 7.61. The van der Waals surface area contributed by atoms with Crippen LogP contribution in [0.1, 0.15) is 10.4 Å². The van der Waals surface area contributed by atoms with Crippen LogP contribution < -0.4 is 9.64 Å². The molecule has 4 heteroatoms. The number of amides is 1. The standard InChI is InChI=1S/C18H20N2O2/c1-22-17-9-5-6-15(14-17)18(21)20-12-10-19(11-13-20)16-7-3-2-4-8-16/h2-9,14H,10-13H2,1H3/p+1. The van der Waals surface area contributed by atoms with Crippen LogP contribution in [0.25, 0.3) is 0 Å². The molecule has 1 heterocycles. The van der Waals surface area contributed by atoms with Gasteiger partial charge in [-0.15, -0.1) is 0 Å². The molecular formula is C18H21N2O2+. The number of piperazine rings is 1. The Morgan fingerprint density at radius 3 is 2.45 bits per heavy atom. The van der Waals surface area contributed by atoms with Crippen LogP contribution in [-0.2, 0) is 0 Å². The number of nitrogens with one attached hydrogen (secondary N) is 1. The summed E-state index contributed by atoms with van der Waals surface area (Å²) in [7, 11) is 1.62. The second kappa shape index (κ2) is 6.62. The van der Waals surface area contributed by atoms with Crippen molar-refractivity contribution in [3.63, 3.8) is 0 Å². The summed E-state index contributed by atoms with van der Waals surface area (Å²) < 4.78 is 5.19. The van der Waals surface area contributed by atoms with Crippen LogP contribution in [0, 0.1) is 0 Å². The first-order valence-corrected chi connectivity index (χ1v) is 7.61. The van der Waals surface area contributed by atoms with Gasteiger partial charge in [-0.3, -0.25) is 9.69 Å². The maximum absolute atomic E-state index is 12.6. The zero-order chi connectivity index (χ0) is 15.4. The molecular weight excluding hydrogens is 276 g/mol. The lowest BCUT2D eigenvalue weighted by Gasteiger charge is -2.32. The summed E-state index contributed by atoms with van der Waals surface area (Å²) in [5.74, 6) is 0.811. The molecule has 1 saturated heterocycles. The van der Waals surface area contributed by atoms with Gasteiger partial charge in [0.05, 0.1) is 33.3 Å². The van der Waals surface area contributed by atoms with Crippen molar-refractivity contribution in [2.45, 2.75) is 0 Å². The molecule has 1 N–H and O–H groups in total. The Morgan fingerprint density at radius 1 is 1.05 bits per heavy atom. The number of quaternary nitrogens is 1. The van der Waals surface area contributed by atoms with E-state index in [9.17, 15) is 4.79 Å². The van der Waals surface area contributed by atoms with E-state index in [1.165, 1.54) is 10.6 Å². The van der Waals surface area contributed by atoms with Gasteiger partial charge in [0, 0.05) is 5.56 Å². The number of hydrogen-bond donors (Lipinski definition) is 1. The van der Waals surface area contributed by atoms with E-state index < -0.39 is 0 Å². The summed E-state index contributed by atoms with van der Waals surface area (Å²) in [4.78, 5) is 15.9. The van der Waals surface area contributed by atoms with Gasteiger partial charge in [0.15, 0.2) is 0 Å². The third kappa shape index (κ3) is 3.12. The van der Waals surface area contributed by atoms with Crippen LogP contribution in [0.5, 0.6) is 5.75 Å². The topological polar surface area (TPSA) is 34.0 Å². The first kappa shape index (κ1) is 14.6. The van der Waals surface area contributed by atoms with Gasteiger partial charge in [0.1, 0.15) is 11.4 Å². The van der Waals surface area contributed by atoms with Crippen molar-refractivity contribution in [1.29, 1.82) is 0 Å². The average molecular weight is 297 g/mol. The molecule has 1 amide bonds. The summed E-state index contributed by atoms with van der Waals surface area (Å²) in [5.41, 5.74) is 2.00. The Bertz CT molecular complexity index is 635. The van der Waals surface area contributed by atoms with Gasteiger partial charge >= 0.3 is 0 Å². The fraction of sp³-hybridized carbons (Fsp3) is 0.278. The molecule has 2 aromatic rings. The van der Waals surface area contributed by atoms with Gasteiger partial charge in [0.2, 0.25) is 0 Å². The van der Waals surface area contributed by atoms with Gasteiger partial charge in [-0.25, -0.2) is 0 Å². The van der Waals surface area contributed by atoms with Crippen LogP contribution in [0.2, 0.25) is 0 Å². The normalized spacial score (nSPS) is 15.6. The van der Waals surface area contributed by atoms with E-state index in [4.69, 9.17) is 4.74 Å². The fourth-order valence-corrected chi connectivity index (χ4v) is 2.88. The SMILES string of the molecule is COc1cccc(C(=O)N2CC[NH+](c3ccccc3)CC2)c1. The van der Waals surface area contributed by atoms with Crippen LogP contribution in [0.15, 0.2) is 54.6 Å². The zero-order valence-electron chi connectivity index (χ0n) is 12.8. The highest BCUT2D eigenvalue weighted by molar-refractivity contribution is 5.94. The molecule has 0 aliphatic carbocycles. The number of ether oxygens (including phenoxy) is 1. The number of methoxy groups -OCH3 is 1. The van der Waals surface area contributed by atoms with Crippen molar-refractivity contribution in [2.24, 2.45) is 0 Å². The molecule has 3 rings (SSSR count). The van der Waals surface area contributed by atoms with E-state index in [-0.39, 0.29) is 5.91 Å². The van der Waals surface area contributed by atoms with Crippen molar-refractivity contribution >= 4 is 11.6 Å². The van der Waals surface area contributed by atoms with Crippen LogP contribution >= 0.6 is 0 Å². The molecule has 2 aromatic carbocycles. The highest BCUT2D eigenvalue weighted by Crippen LogP contribution is 2.14. The Balaban J connectivity index is 1.64. The Morgan fingerprint density at radius 2 is 1.77 bits per heavy atom. The maximum Gasteiger partial charge on any atom is 0.254 e. The molecule has 1 aliphatic rings. The molecule has 0 spiro atoms. The molecule has 22 heavy (non-hydrogen) atoms. The maximum atomic E-state index is 12.6. The molecule has 0 radical (unpaired) electrons. The lowest BCUT2D eigenvalue weighted by molar-refractivity contribution is -0.837. The van der Waals surface area contributed by atoms with Gasteiger partial charge in [-0.05, 0) is 30.3 Å².